The molecule has 2 N–H and O–H groups in total. The van der Waals surface area contributed by atoms with Crippen LogP contribution in [-0.2, 0) is 6.54 Å². The Hall–Kier alpha value is -1.26. The summed E-state index contributed by atoms with van der Waals surface area (Å²) in [5, 5.41) is 13.0. The van der Waals surface area contributed by atoms with Crippen LogP contribution in [-0.4, -0.2) is 43.8 Å². The van der Waals surface area contributed by atoms with Gasteiger partial charge in [0.25, 0.3) is 0 Å². The van der Waals surface area contributed by atoms with E-state index in [1.54, 1.807) is 13.2 Å². The van der Waals surface area contributed by atoms with Crippen molar-refractivity contribution in [2.24, 2.45) is 0 Å². The fourth-order valence-electron chi connectivity index (χ4n) is 1.68. The van der Waals surface area contributed by atoms with Crippen LogP contribution in [0.1, 0.15) is 18.9 Å². The quantitative estimate of drug-likeness (QED) is 0.777. The number of hydrogen-bond acceptors (Lipinski definition) is 4. The molecule has 0 saturated carbocycles. The number of rotatable bonds is 7. The Balaban J connectivity index is 2.43. The molecule has 0 saturated heterocycles. The number of phenolic OH excluding ortho intramolecular Hbond substituents is 1. The van der Waals surface area contributed by atoms with Crippen LogP contribution >= 0.6 is 0 Å². The Bertz CT molecular complexity index is 367. The van der Waals surface area contributed by atoms with E-state index in [1.165, 1.54) is 0 Å². The van der Waals surface area contributed by atoms with Gasteiger partial charge in [0, 0.05) is 12.6 Å². The fourth-order valence-corrected chi connectivity index (χ4v) is 1.68. The first-order valence-corrected chi connectivity index (χ1v) is 6.27. The van der Waals surface area contributed by atoms with Crippen LogP contribution in [0.3, 0.4) is 0 Å². The molecule has 0 heterocycles. The number of benzene rings is 1. The highest BCUT2D eigenvalue weighted by molar-refractivity contribution is 5.41. The standard InChI is InChI=1S/C14H24N2O2/c1-11(7-8-16(2)3)15-10-12-5-6-13(17)14(9-12)18-4/h5-6,9,11,15,17H,7-8,10H2,1-4H3. The van der Waals surface area contributed by atoms with Gasteiger partial charge in [-0.1, -0.05) is 6.07 Å². The minimum atomic E-state index is 0.182. The first kappa shape index (κ1) is 14.8. The molecule has 1 aromatic carbocycles. The maximum atomic E-state index is 9.51. The summed E-state index contributed by atoms with van der Waals surface area (Å²) in [4.78, 5) is 2.18. The zero-order chi connectivity index (χ0) is 13.5. The highest BCUT2D eigenvalue weighted by Crippen LogP contribution is 2.26. The molecule has 18 heavy (non-hydrogen) atoms. The average Bonchev–Trinajstić information content (AvgIpc) is 2.35. The molecule has 0 aromatic heterocycles. The van der Waals surface area contributed by atoms with E-state index in [4.69, 9.17) is 4.74 Å². The highest BCUT2D eigenvalue weighted by Gasteiger charge is 2.05. The Morgan fingerprint density at radius 3 is 2.72 bits per heavy atom. The van der Waals surface area contributed by atoms with Gasteiger partial charge < -0.3 is 20.1 Å². The second kappa shape index (κ2) is 7.24. The van der Waals surface area contributed by atoms with Crippen LogP contribution in [0.15, 0.2) is 18.2 Å². The zero-order valence-electron chi connectivity index (χ0n) is 11.7. The van der Waals surface area contributed by atoms with E-state index in [9.17, 15) is 5.11 Å². The minimum absolute atomic E-state index is 0.182. The van der Waals surface area contributed by atoms with Crippen LogP contribution in [0.5, 0.6) is 11.5 Å². The van der Waals surface area contributed by atoms with Crippen molar-refractivity contribution < 1.29 is 9.84 Å². The molecule has 1 atom stereocenters. The Morgan fingerprint density at radius 1 is 1.39 bits per heavy atom. The van der Waals surface area contributed by atoms with Crippen LogP contribution in [0.4, 0.5) is 0 Å². The zero-order valence-corrected chi connectivity index (χ0v) is 11.7. The summed E-state index contributed by atoms with van der Waals surface area (Å²) >= 11 is 0. The van der Waals surface area contributed by atoms with Gasteiger partial charge in [-0.3, -0.25) is 0 Å². The molecule has 0 radical (unpaired) electrons. The lowest BCUT2D eigenvalue weighted by atomic mass is 10.1. The van der Waals surface area contributed by atoms with Crippen LogP contribution in [0.25, 0.3) is 0 Å². The summed E-state index contributed by atoms with van der Waals surface area (Å²) in [6, 6.07) is 5.90. The monoisotopic (exact) mass is 252 g/mol. The molecular formula is C14H24N2O2. The predicted octanol–water partition coefficient (Wildman–Crippen LogP) is 1.83. The van der Waals surface area contributed by atoms with Crippen molar-refractivity contribution in [3.63, 3.8) is 0 Å². The lowest BCUT2D eigenvalue weighted by molar-refractivity contribution is 0.364. The van der Waals surface area contributed by atoms with Gasteiger partial charge in [0.05, 0.1) is 7.11 Å². The van der Waals surface area contributed by atoms with Crippen LogP contribution in [0, 0.1) is 0 Å². The largest absolute Gasteiger partial charge is 0.504 e. The molecule has 4 nitrogen and oxygen atoms in total. The van der Waals surface area contributed by atoms with E-state index in [2.05, 4.69) is 31.2 Å². The summed E-state index contributed by atoms with van der Waals surface area (Å²) in [6.45, 7) is 4.04. The Labute approximate surface area is 110 Å². The smallest absolute Gasteiger partial charge is 0.160 e. The molecule has 0 spiro atoms. The van der Waals surface area contributed by atoms with Gasteiger partial charge in [0.1, 0.15) is 0 Å². The predicted molar refractivity (Wildman–Crippen MR) is 74.1 cm³/mol. The molecule has 102 valence electrons. The molecule has 4 heteroatoms. The lowest BCUT2D eigenvalue weighted by Crippen LogP contribution is -2.29. The average molecular weight is 252 g/mol. The van der Waals surface area contributed by atoms with Gasteiger partial charge in [-0.05, 0) is 51.7 Å². The maximum absolute atomic E-state index is 9.51. The Kier molecular flexibility index (Phi) is 5.95. The number of hydrogen-bond donors (Lipinski definition) is 2. The minimum Gasteiger partial charge on any atom is -0.504 e. The van der Waals surface area contributed by atoms with Crippen molar-refractivity contribution in [2.45, 2.75) is 25.9 Å². The number of methoxy groups -OCH3 is 1. The molecule has 0 fully saturated rings. The number of phenols is 1. The van der Waals surface area contributed by atoms with Crippen molar-refractivity contribution in [3.8, 4) is 11.5 Å². The molecular weight excluding hydrogens is 228 g/mol. The van der Waals surface area contributed by atoms with Gasteiger partial charge in [0.15, 0.2) is 11.5 Å². The second-order valence-electron chi connectivity index (χ2n) is 4.88. The topological polar surface area (TPSA) is 44.7 Å². The summed E-state index contributed by atoms with van der Waals surface area (Å²) in [5.74, 6) is 0.706. The van der Waals surface area contributed by atoms with Gasteiger partial charge in [-0.15, -0.1) is 0 Å². The van der Waals surface area contributed by atoms with Gasteiger partial charge in [-0.2, -0.15) is 0 Å². The summed E-state index contributed by atoms with van der Waals surface area (Å²) in [5.41, 5.74) is 1.11. The van der Waals surface area contributed by atoms with E-state index in [1.807, 2.05) is 12.1 Å². The summed E-state index contributed by atoms with van der Waals surface area (Å²) in [7, 11) is 5.72. The SMILES string of the molecule is COc1cc(CNC(C)CCN(C)C)ccc1O. The lowest BCUT2D eigenvalue weighted by Gasteiger charge is -2.17. The molecule has 0 aliphatic rings. The Morgan fingerprint density at radius 2 is 2.11 bits per heavy atom. The molecule has 1 aromatic rings. The van der Waals surface area contributed by atoms with E-state index in [0.29, 0.717) is 11.8 Å². The number of aromatic hydroxyl groups is 1. The molecule has 0 aliphatic carbocycles. The number of nitrogens with one attached hydrogen (secondary N) is 1. The molecule has 1 unspecified atom stereocenters. The van der Waals surface area contributed by atoms with Gasteiger partial charge in [0.2, 0.25) is 0 Å². The molecule has 0 bridgehead atoms. The van der Waals surface area contributed by atoms with Crippen molar-refractivity contribution in [1.29, 1.82) is 0 Å². The number of ether oxygens (including phenoxy) is 1. The van der Waals surface area contributed by atoms with Gasteiger partial charge >= 0.3 is 0 Å². The number of nitrogens with zero attached hydrogens (tertiary/aromatic N) is 1. The molecule has 1 rings (SSSR count). The van der Waals surface area contributed by atoms with Crippen LogP contribution < -0.4 is 10.1 Å². The van der Waals surface area contributed by atoms with Crippen molar-refractivity contribution >= 4 is 0 Å². The fraction of sp³-hybridized carbons (Fsp3) is 0.571. The third-order valence-corrected chi connectivity index (χ3v) is 2.91. The maximum Gasteiger partial charge on any atom is 0.160 e. The first-order chi connectivity index (χ1) is 8.52. The molecule has 0 aliphatic heterocycles. The molecule has 0 amide bonds. The summed E-state index contributed by atoms with van der Waals surface area (Å²) in [6.07, 6.45) is 1.11. The van der Waals surface area contributed by atoms with Crippen molar-refractivity contribution in [2.75, 3.05) is 27.7 Å². The van der Waals surface area contributed by atoms with Gasteiger partial charge in [-0.25, -0.2) is 0 Å². The van der Waals surface area contributed by atoms with E-state index in [0.717, 1.165) is 25.1 Å². The third-order valence-electron chi connectivity index (χ3n) is 2.91. The van der Waals surface area contributed by atoms with E-state index >= 15 is 0 Å². The third kappa shape index (κ3) is 4.94. The highest BCUT2D eigenvalue weighted by atomic mass is 16.5. The van der Waals surface area contributed by atoms with Crippen molar-refractivity contribution in [1.82, 2.24) is 10.2 Å². The van der Waals surface area contributed by atoms with E-state index < -0.39 is 0 Å². The normalized spacial score (nSPS) is 12.7. The van der Waals surface area contributed by atoms with Crippen LogP contribution in [0.2, 0.25) is 0 Å². The van der Waals surface area contributed by atoms with E-state index in [-0.39, 0.29) is 5.75 Å². The summed E-state index contributed by atoms with van der Waals surface area (Å²) < 4.78 is 5.09. The van der Waals surface area contributed by atoms with Crippen molar-refractivity contribution in [3.05, 3.63) is 23.8 Å². The first-order valence-electron chi connectivity index (χ1n) is 6.27. The second-order valence-corrected chi connectivity index (χ2v) is 4.88.